The molecule has 0 spiro atoms. The predicted molar refractivity (Wildman–Crippen MR) is 254 cm³/mol. The average Bonchev–Trinajstić information content (AvgIpc) is 4.08. The molecule has 6 amide bonds. The lowest BCUT2D eigenvalue weighted by Crippen LogP contribution is -2.59. The van der Waals surface area contributed by atoms with E-state index in [1.807, 2.05) is 66.7 Å². The van der Waals surface area contributed by atoms with Crippen LogP contribution in [0.1, 0.15) is 101 Å². The number of rotatable bonds is 14. The fourth-order valence-electron chi connectivity index (χ4n) is 11.2. The quantitative estimate of drug-likeness (QED) is 0.0998. The van der Waals surface area contributed by atoms with Crippen LogP contribution < -0.4 is 16.4 Å². The maximum Gasteiger partial charge on any atom is 0.407 e. The smallest absolute Gasteiger partial charge is 0.407 e. The summed E-state index contributed by atoms with van der Waals surface area (Å²) in [5.74, 6) is -2.99. The van der Waals surface area contributed by atoms with Crippen molar-refractivity contribution in [1.29, 1.82) is 0 Å². The van der Waals surface area contributed by atoms with Crippen molar-refractivity contribution in [3.63, 3.8) is 0 Å². The van der Waals surface area contributed by atoms with Crippen molar-refractivity contribution in [3.8, 4) is 11.1 Å². The zero-order valence-electron chi connectivity index (χ0n) is 39.2. The van der Waals surface area contributed by atoms with E-state index >= 15 is 0 Å². The van der Waals surface area contributed by atoms with Crippen LogP contribution in [0.5, 0.6) is 0 Å². The van der Waals surface area contributed by atoms with Crippen LogP contribution in [-0.2, 0) is 30.3 Å². The van der Waals surface area contributed by atoms with Crippen LogP contribution in [0.3, 0.4) is 0 Å². The first-order valence-electron chi connectivity index (χ1n) is 23.2. The summed E-state index contributed by atoms with van der Waals surface area (Å²) in [6.07, 6.45) is 0.679. The number of carboxylic acid groups (broad SMARTS) is 2. The molecular weight excluding hydrogens is 851 g/mol. The third-order valence-corrected chi connectivity index (χ3v) is 14.5. The Labute approximate surface area is 392 Å². The number of amides is 6. The minimum Gasteiger partial charge on any atom is -0.465 e. The largest absolute Gasteiger partial charge is 0.465 e. The van der Waals surface area contributed by atoms with Gasteiger partial charge in [0, 0.05) is 32.9 Å². The number of nitrogens with two attached hydrogens (primary N) is 2. The molecule has 0 saturated carbocycles. The van der Waals surface area contributed by atoms with Crippen molar-refractivity contribution in [1.82, 2.24) is 19.6 Å². The number of likely N-dealkylation sites (N-methyl/N-ethyl adjacent to an activating group) is 2. The molecule has 7 rings (SSSR count). The molecule has 3 aliphatic rings. The highest BCUT2D eigenvalue weighted by Crippen LogP contribution is 2.49. The van der Waals surface area contributed by atoms with E-state index in [0.717, 1.165) is 50.6 Å². The Morgan fingerprint density at radius 1 is 0.567 bits per heavy atom. The number of benzene rings is 4. The van der Waals surface area contributed by atoms with Crippen molar-refractivity contribution in [3.05, 3.63) is 125 Å². The van der Waals surface area contributed by atoms with Gasteiger partial charge in [-0.1, -0.05) is 119 Å². The number of hydrogen-bond acceptors (Lipinski definition) is 7. The first-order valence-corrected chi connectivity index (χ1v) is 23.2. The highest BCUT2D eigenvalue weighted by molar-refractivity contribution is 5.96. The van der Waals surface area contributed by atoms with Crippen molar-refractivity contribution < 1.29 is 39.0 Å². The molecule has 0 aliphatic carbocycles. The Kier molecular flexibility index (Phi) is 13.7. The van der Waals surface area contributed by atoms with E-state index in [1.165, 1.54) is 23.9 Å². The molecule has 6 atom stereocenters. The van der Waals surface area contributed by atoms with Crippen LogP contribution in [0, 0.1) is 11.8 Å². The molecule has 67 heavy (non-hydrogen) atoms. The standard InChI is InChI=1S/C52H63N7O8/c1-32(2)43(55(5)49(64)65)45(60)57-30-10-28-51(57,47(53)62)38-20-14-36(15-21-38)41-26-27-42(59(41)40-24-18-35(19-25-40)34-12-8-7-9-13-34)37-16-22-39(23-17-37)52(48(54)63)29-11-31-58(52)46(61)44(33(3)4)56(6)50(66)67/h7-9,12-25,32-33,41-44H,10-11,26-31H2,1-6H3,(H2,53,62)(H2,54,63)(H,64,65)(H,66,67)/t41-,42-,43+,44+,51+,52+/m1/s1. The number of carbonyl (C=O) groups is 6. The SMILES string of the molecule is CC(C)[C@@H](C(=O)N1CCC[C@@]1(C(N)=O)c1ccc([C@H]2CC[C@H](c3ccc([C@]4(C(N)=O)CCCN4C(=O)[C@H](C(C)C)N(C)C(=O)O)cc3)N2c2ccc(-c3ccccc3)cc2)cc1)N(C)C(=O)O. The van der Waals surface area contributed by atoms with E-state index < -0.39 is 59.0 Å². The number of nitrogens with zero attached hydrogens (tertiary/aromatic N) is 5. The van der Waals surface area contributed by atoms with Crippen molar-refractivity contribution in [2.45, 2.75) is 101 Å². The lowest BCUT2D eigenvalue weighted by atomic mass is 9.84. The first-order chi connectivity index (χ1) is 31.9. The normalized spacial score (nSPS) is 22.5. The van der Waals surface area contributed by atoms with E-state index in [9.17, 15) is 39.0 Å². The minimum absolute atomic E-state index is 0.124. The van der Waals surface area contributed by atoms with Gasteiger partial charge < -0.3 is 36.4 Å². The fourth-order valence-corrected chi connectivity index (χ4v) is 11.2. The van der Waals surface area contributed by atoms with Crippen LogP contribution in [0.2, 0.25) is 0 Å². The highest BCUT2D eigenvalue weighted by Gasteiger charge is 2.54. The minimum atomic E-state index is -1.46. The number of carbonyl (C=O) groups excluding carboxylic acids is 4. The average molecular weight is 914 g/mol. The molecule has 0 unspecified atom stereocenters. The molecule has 15 nitrogen and oxygen atoms in total. The van der Waals surface area contributed by atoms with Crippen molar-refractivity contribution in [2.24, 2.45) is 23.3 Å². The molecule has 0 bridgehead atoms. The first kappa shape index (κ1) is 48.0. The molecule has 3 aliphatic heterocycles. The maximum atomic E-state index is 14.2. The maximum absolute atomic E-state index is 14.2. The molecule has 4 aromatic carbocycles. The molecule has 0 aromatic heterocycles. The second-order valence-electron chi connectivity index (χ2n) is 19.0. The lowest BCUT2D eigenvalue weighted by Gasteiger charge is -2.41. The summed E-state index contributed by atoms with van der Waals surface area (Å²) in [5.41, 5.74) is 15.7. The molecule has 4 aromatic rings. The van der Waals surface area contributed by atoms with Gasteiger partial charge in [0.25, 0.3) is 0 Å². The number of anilines is 1. The predicted octanol–water partition coefficient (Wildman–Crippen LogP) is 7.31. The Hall–Kier alpha value is -6.90. The summed E-state index contributed by atoms with van der Waals surface area (Å²) in [7, 11) is 2.73. The van der Waals surface area contributed by atoms with Crippen LogP contribution in [0.4, 0.5) is 15.3 Å². The van der Waals surface area contributed by atoms with Gasteiger partial charge in [0.2, 0.25) is 23.6 Å². The summed E-state index contributed by atoms with van der Waals surface area (Å²) in [6, 6.07) is 31.7. The van der Waals surface area contributed by atoms with E-state index in [-0.39, 0.29) is 37.0 Å². The van der Waals surface area contributed by atoms with Crippen LogP contribution in [0.25, 0.3) is 11.1 Å². The zero-order valence-corrected chi connectivity index (χ0v) is 39.2. The Bertz CT molecular complexity index is 2350. The lowest BCUT2D eigenvalue weighted by molar-refractivity contribution is -0.148. The van der Waals surface area contributed by atoms with Crippen LogP contribution in [-0.4, -0.2) is 105 Å². The van der Waals surface area contributed by atoms with E-state index in [2.05, 4.69) is 41.3 Å². The van der Waals surface area contributed by atoms with Gasteiger partial charge in [-0.2, -0.15) is 0 Å². The molecule has 354 valence electrons. The van der Waals surface area contributed by atoms with Gasteiger partial charge in [-0.3, -0.25) is 29.0 Å². The van der Waals surface area contributed by atoms with E-state index in [0.29, 0.717) is 36.8 Å². The summed E-state index contributed by atoms with van der Waals surface area (Å²) < 4.78 is 0. The van der Waals surface area contributed by atoms with E-state index in [4.69, 9.17) is 11.5 Å². The van der Waals surface area contributed by atoms with Gasteiger partial charge in [0.1, 0.15) is 23.2 Å². The molecule has 3 saturated heterocycles. The number of primary amides is 2. The topological polar surface area (TPSA) is 211 Å². The Balaban J connectivity index is 1.24. The van der Waals surface area contributed by atoms with Crippen LogP contribution >= 0.6 is 0 Å². The molecule has 0 radical (unpaired) electrons. The van der Waals surface area contributed by atoms with Gasteiger partial charge in [-0.15, -0.1) is 0 Å². The third kappa shape index (κ3) is 8.55. The molecule has 3 fully saturated rings. The monoisotopic (exact) mass is 913 g/mol. The summed E-state index contributed by atoms with van der Waals surface area (Å²) in [5, 5.41) is 19.7. The van der Waals surface area contributed by atoms with Gasteiger partial charge in [-0.05, 0) is 95.9 Å². The summed E-state index contributed by atoms with van der Waals surface area (Å²) >= 11 is 0. The Morgan fingerprint density at radius 3 is 1.28 bits per heavy atom. The summed E-state index contributed by atoms with van der Waals surface area (Å²) in [6.45, 7) is 7.62. The van der Waals surface area contributed by atoms with Crippen molar-refractivity contribution >= 4 is 41.5 Å². The third-order valence-electron chi connectivity index (χ3n) is 14.5. The number of likely N-dealkylation sites (tertiary alicyclic amines) is 2. The van der Waals surface area contributed by atoms with E-state index in [1.54, 1.807) is 27.7 Å². The van der Waals surface area contributed by atoms with Crippen molar-refractivity contribution in [2.75, 3.05) is 32.1 Å². The molecule has 3 heterocycles. The van der Waals surface area contributed by atoms with Gasteiger partial charge >= 0.3 is 12.2 Å². The summed E-state index contributed by atoms with van der Waals surface area (Å²) in [4.78, 5) is 87.0. The fraction of sp³-hybridized carbons (Fsp3) is 0.423. The zero-order chi connectivity index (χ0) is 48.5. The second-order valence-corrected chi connectivity index (χ2v) is 19.0. The molecular formula is C52H63N7O8. The molecule has 15 heteroatoms. The Morgan fingerprint density at radius 2 is 0.940 bits per heavy atom. The highest BCUT2D eigenvalue weighted by atomic mass is 16.4. The number of hydrogen-bond donors (Lipinski definition) is 4. The van der Waals surface area contributed by atoms with Gasteiger partial charge in [0.15, 0.2) is 0 Å². The van der Waals surface area contributed by atoms with Crippen LogP contribution in [0.15, 0.2) is 103 Å². The van der Waals surface area contributed by atoms with Gasteiger partial charge in [0.05, 0.1) is 12.1 Å². The molecule has 6 N–H and O–H groups in total. The van der Waals surface area contributed by atoms with Gasteiger partial charge in [-0.25, -0.2) is 9.59 Å². The second kappa shape index (κ2) is 19.1.